The predicted octanol–water partition coefficient (Wildman–Crippen LogP) is 3.43. The van der Waals surface area contributed by atoms with Gasteiger partial charge in [-0.05, 0) is 42.9 Å². The Morgan fingerprint density at radius 3 is 2.40 bits per heavy atom. The van der Waals surface area contributed by atoms with Crippen molar-refractivity contribution in [3.8, 4) is 0 Å². The molecule has 1 aromatic carbocycles. The minimum Gasteiger partial charge on any atom is -0.389 e. The SMILES string of the molecule is CCC(O)(Cc1ccc(Cl)cc1)C1CC1. The van der Waals surface area contributed by atoms with E-state index in [1.165, 1.54) is 18.4 Å². The quantitative estimate of drug-likeness (QED) is 0.831. The largest absolute Gasteiger partial charge is 0.389 e. The first-order valence-corrected chi connectivity index (χ1v) is 5.98. The van der Waals surface area contributed by atoms with Gasteiger partial charge < -0.3 is 5.11 Å². The van der Waals surface area contributed by atoms with E-state index in [1.54, 1.807) is 0 Å². The van der Waals surface area contributed by atoms with Crippen LogP contribution in [-0.2, 0) is 6.42 Å². The molecule has 0 spiro atoms. The van der Waals surface area contributed by atoms with Crippen LogP contribution in [0.4, 0.5) is 0 Å². The molecule has 1 nitrogen and oxygen atoms in total. The molecule has 1 fully saturated rings. The maximum Gasteiger partial charge on any atom is 0.0713 e. The van der Waals surface area contributed by atoms with Crippen LogP contribution < -0.4 is 0 Å². The van der Waals surface area contributed by atoms with Crippen molar-refractivity contribution in [2.24, 2.45) is 5.92 Å². The van der Waals surface area contributed by atoms with Crippen LogP contribution in [-0.4, -0.2) is 10.7 Å². The average Bonchev–Trinajstić information content (AvgIpc) is 3.05. The molecule has 1 aliphatic rings. The standard InChI is InChI=1S/C13H17ClO/c1-2-13(15,11-5-6-11)9-10-3-7-12(14)8-4-10/h3-4,7-8,11,15H,2,5-6,9H2,1H3. The second-order valence-electron chi connectivity index (χ2n) is 4.53. The Balaban J connectivity index is 2.09. The molecule has 0 bridgehead atoms. The van der Waals surface area contributed by atoms with Gasteiger partial charge in [0, 0.05) is 11.4 Å². The van der Waals surface area contributed by atoms with E-state index in [4.69, 9.17) is 11.6 Å². The first-order chi connectivity index (χ1) is 7.14. The molecule has 0 saturated heterocycles. The van der Waals surface area contributed by atoms with Crippen molar-refractivity contribution in [3.05, 3.63) is 34.9 Å². The number of benzene rings is 1. The van der Waals surface area contributed by atoms with E-state index in [-0.39, 0.29) is 0 Å². The summed E-state index contributed by atoms with van der Waals surface area (Å²) in [4.78, 5) is 0. The van der Waals surface area contributed by atoms with Gasteiger partial charge in [0.1, 0.15) is 0 Å². The highest BCUT2D eigenvalue weighted by Crippen LogP contribution is 2.43. The molecule has 2 rings (SSSR count). The summed E-state index contributed by atoms with van der Waals surface area (Å²) in [6.07, 6.45) is 3.95. The van der Waals surface area contributed by atoms with Gasteiger partial charge in [0.2, 0.25) is 0 Å². The Morgan fingerprint density at radius 1 is 1.33 bits per heavy atom. The number of rotatable bonds is 4. The van der Waals surface area contributed by atoms with E-state index in [1.807, 2.05) is 24.3 Å². The first kappa shape index (κ1) is 11.0. The van der Waals surface area contributed by atoms with Crippen molar-refractivity contribution in [1.29, 1.82) is 0 Å². The van der Waals surface area contributed by atoms with Gasteiger partial charge in [-0.2, -0.15) is 0 Å². The molecule has 0 aliphatic heterocycles. The van der Waals surface area contributed by atoms with E-state index >= 15 is 0 Å². The zero-order valence-electron chi connectivity index (χ0n) is 9.04. The molecule has 15 heavy (non-hydrogen) atoms. The Bertz CT molecular complexity index is 329. The van der Waals surface area contributed by atoms with Gasteiger partial charge in [0.25, 0.3) is 0 Å². The summed E-state index contributed by atoms with van der Waals surface area (Å²) in [5.74, 6) is 0.512. The Kier molecular flexibility index (Phi) is 3.03. The zero-order chi connectivity index (χ0) is 10.9. The molecule has 1 atom stereocenters. The van der Waals surface area contributed by atoms with E-state index in [2.05, 4.69) is 6.92 Å². The Hall–Kier alpha value is -0.530. The number of hydrogen-bond donors (Lipinski definition) is 1. The van der Waals surface area contributed by atoms with E-state index in [9.17, 15) is 5.11 Å². The van der Waals surface area contributed by atoms with Gasteiger partial charge in [-0.25, -0.2) is 0 Å². The molecule has 2 heteroatoms. The second kappa shape index (κ2) is 4.15. The van der Waals surface area contributed by atoms with Crippen molar-refractivity contribution >= 4 is 11.6 Å². The summed E-state index contributed by atoms with van der Waals surface area (Å²) >= 11 is 5.83. The van der Waals surface area contributed by atoms with Gasteiger partial charge in [-0.1, -0.05) is 30.7 Å². The minimum absolute atomic E-state index is 0.492. The fourth-order valence-corrected chi connectivity index (χ4v) is 2.26. The molecule has 1 unspecified atom stereocenters. The third-order valence-electron chi connectivity index (χ3n) is 3.37. The molecular formula is C13H17ClO. The lowest BCUT2D eigenvalue weighted by Crippen LogP contribution is -2.33. The predicted molar refractivity (Wildman–Crippen MR) is 63.1 cm³/mol. The third-order valence-corrected chi connectivity index (χ3v) is 3.62. The minimum atomic E-state index is -0.492. The maximum atomic E-state index is 10.4. The third kappa shape index (κ3) is 2.53. The van der Waals surface area contributed by atoms with Gasteiger partial charge in [-0.15, -0.1) is 0 Å². The fourth-order valence-electron chi connectivity index (χ4n) is 2.13. The molecule has 0 aromatic heterocycles. The monoisotopic (exact) mass is 224 g/mol. The van der Waals surface area contributed by atoms with Crippen molar-refractivity contribution in [1.82, 2.24) is 0 Å². The molecule has 82 valence electrons. The molecule has 1 N–H and O–H groups in total. The van der Waals surface area contributed by atoms with Crippen molar-refractivity contribution in [3.63, 3.8) is 0 Å². The van der Waals surface area contributed by atoms with Gasteiger partial charge in [0.15, 0.2) is 0 Å². The maximum absolute atomic E-state index is 10.4. The van der Waals surface area contributed by atoms with Crippen LogP contribution in [0, 0.1) is 5.92 Å². The lowest BCUT2D eigenvalue weighted by Gasteiger charge is -2.26. The molecule has 0 amide bonds. The second-order valence-corrected chi connectivity index (χ2v) is 4.97. The van der Waals surface area contributed by atoms with Crippen LogP contribution in [0.3, 0.4) is 0 Å². The molecule has 0 radical (unpaired) electrons. The zero-order valence-corrected chi connectivity index (χ0v) is 9.80. The highest BCUT2D eigenvalue weighted by atomic mass is 35.5. The normalized spacial score (nSPS) is 19.9. The molecule has 0 heterocycles. The first-order valence-electron chi connectivity index (χ1n) is 5.61. The van der Waals surface area contributed by atoms with Gasteiger partial charge in [-0.3, -0.25) is 0 Å². The lowest BCUT2D eigenvalue weighted by atomic mass is 9.87. The number of halogens is 1. The van der Waals surface area contributed by atoms with E-state index < -0.39 is 5.60 Å². The fraction of sp³-hybridized carbons (Fsp3) is 0.538. The summed E-state index contributed by atoms with van der Waals surface area (Å²) in [7, 11) is 0. The van der Waals surface area contributed by atoms with Crippen LogP contribution in [0.1, 0.15) is 31.7 Å². The van der Waals surface area contributed by atoms with Crippen molar-refractivity contribution < 1.29 is 5.11 Å². The molecular weight excluding hydrogens is 208 g/mol. The van der Waals surface area contributed by atoms with Crippen LogP contribution in [0.5, 0.6) is 0 Å². The number of aliphatic hydroxyl groups is 1. The molecule has 1 aromatic rings. The topological polar surface area (TPSA) is 20.2 Å². The Labute approximate surface area is 96.1 Å². The van der Waals surface area contributed by atoms with Crippen LogP contribution in [0.15, 0.2) is 24.3 Å². The van der Waals surface area contributed by atoms with E-state index in [0.29, 0.717) is 5.92 Å². The Morgan fingerprint density at radius 2 is 1.93 bits per heavy atom. The smallest absolute Gasteiger partial charge is 0.0713 e. The average molecular weight is 225 g/mol. The van der Waals surface area contributed by atoms with Crippen LogP contribution >= 0.6 is 11.6 Å². The van der Waals surface area contributed by atoms with Gasteiger partial charge >= 0.3 is 0 Å². The van der Waals surface area contributed by atoms with Crippen LogP contribution in [0.25, 0.3) is 0 Å². The summed E-state index contributed by atoms with van der Waals surface area (Å²) in [6.45, 7) is 2.06. The summed E-state index contributed by atoms with van der Waals surface area (Å²) in [5, 5.41) is 11.2. The van der Waals surface area contributed by atoms with Crippen molar-refractivity contribution in [2.45, 2.75) is 38.2 Å². The van der Waals surface area contributed by atoms with Crippen LogP contribution in [0.2, 0.25) is 5.02 Å². The highest BCUT2D eigenvalue weighted by Gasteiger charge is 2.42. The number of hydrogen-bond acceptors (Lipinski definition) is 1. The molecule has 1 saturated carbocycles. The lowest BCUT2D eigenvalue weighted by molar-refractivity contribution is 0.0139. The summed E-state index contributed by atoms with van der Waals surface area (Å²) in [5.41, 5.74) is 0.684. The molecule has 1 aliphatic carbocycles. The van der Waals surface area contributed by atoms with Gasteiger partial charge in [0.05, 0.1) is 5.60 Å². The summed E-state index contributed by atoms with van der Waals surface area (Å²) < 4.78 is 0. The van der Waals surface area contributed by atoms with E-state index in [0.717, 1.165) is 17.9 Å². The highest BCUT2D eigenvalue weighted by molar-refractivity contribution is 6.30. The summed E-state index contributed by atoms with van der Waals surface area (Å²) in [6, 6.07) is 7.79. The van der Waals surface area contributed by atoms with Crippen molar-refractivity contribution in [2.75, 3.05) is 0 Å².